The minimum Gasteiger partial charge on any atom is -0.507 e. The highest BCUT2D eigenvalue weighted by Crippen LogP contribution is 2.46. The number of carbonyl (C=O) groups excluding carboxylic acids is 3. The summed E-state index contributed by atoms with van der Waals surface area (Å²) >= 11 is 3.31. The number of halogens is 1. The van der Waals surface area contributed by atoms with E-state index in [2.05, 4.69) is 15.9 Å². The summed E-state index contributed by atoms with van der Waals surface area (Å²) in [4.78, 5) is 52.4. The topological polar surface area (TPSA) is 157 Å². The van der Waals surface area contributed by atoms with Gasteiger partial charge in [0, 0.05) is 5.56 Å². The summed E-state index contributed by atoms with van der Waals surface area (Å²) in [6.07, 6.45) is 4.63. The number of rotatable bonds is 7. The SMILES string of the molecule is CC1=CCC=C(C)C1(C)C(=O)Oc1c(C)c(C)c(C(=O)Oc2cc(C)c(C(=O)Oc3c(C)c(C)c(C(=O)O)c(C)c3C)c(O)c2C)c(O)c1Br. The zero-order valence-corrected chi connectivity index (χ0v) is 31.6. The predicted molar refractivity (Wildman–Crippen MR) is 191 cm³/mol. The summed E-state index contributed by atoms with van der Waals surface area (Å²) in [5.41, 5.74) is 3.32. The van der Waals surface area contributed by atoms with E-state index < -0.39 is 40.8 Å². The van der Waals surface area contributed by atoms with Gasteiger partial charge in [-0.1, -0.05) is 23.3 Å². The molecular weight excluding hydrogens is 708 g/mol. The van der Waals surface area contributed by atoms with Crippen LogP contribution in [0, 0.1) is 60.8 Å². The van der Waals surface area contributed by atoms with Gasteiger partial charge in [0.05, 0.1) is 5.56 Å². The maximum Gasteiger partial charge on any atom is 0.347 e. The second-order valence-corrected chi connectivity index (χ2v) is 13.8. The highest BCUT2D eigenvalue weighted by atomic mass is 79.9. The number of aromatic carboxylic acids is 1. The van der Waals surface area contributed by atoms with E-state index in [0.717, 1.165) is 11.1 Å². The monoisotopic (exact) mass is 748 g/mol. The van der Waals surface area contributed by atoms with Gasteiger partial charge in [-0.3, -0.25) is 4.79 Å². The molecule has 0 radical (unpaired) electrons. The van der Waals surface area contributed by atoms with Crippen LogP contribution >= 0.6 is 15.9 Å². The average Bonchev–Trinajstić information content (AvgIpc) is 3.04. The molecule has 264 valence electrons. The van der Waals surface area contributed by atoms with E-state index in [1.54, 1.807) is 48.5 Å². The fraction of sp³-hybridized carbons (Fsp3) is 0.333. The number of benzene rings is 3. The van der Waals surface area contributed by atoms with E-state index in [-0.39, 0.29) is 49.5 Å². The number of phenolic OH excluding ortho intramolecular Hbond substituents is 2. The molecule has 0 saturated heterocycles. The quantitative estimate of drug-likeness (QED) is 0.121. The van der Waals surface area contributed by atoms with Gasteiger partial charge in [-0.05, 0) is 144 Å². The first-order chi connectivity index (χ1) is 23.2. The van der Waals surface area contributed by atoms with Gasteiger partial charge in [-0.25, -0.2) is 14.4 Å². The number of aryl methyl sites for hydroxylation is 1. The molecule has 0 bridgehead atoms. The molecule has 1 aliphatic rings. The van der Waals surface area contributed by atoms with E-state index >= 15 is 0 Å². The standard InChI is InChI=1S/C39H41BrO10/c1-16-15-26(25(10)31(41)27(16)36(45)49-33-22(7)19(4)28(35(43)44)20(5)23(33)8)48-37(46)29-21(6)24(9)34(30(40)32(29)42)50-38(47)39(11)17(2)13-12-14-18(39)3/h13-15,41-42H,12H2,1-11H3,(H,43,44). The molecule has 0 atom stereocenters. The van der Waals surface area contributed by atoms with Crippen LogP contribution in [0.25, 0.3) is 0 Å². The molecule has 1 aliphatic carbocycles. The van der Waals surface area contributed by atoms with Gasteiger partial charge in [-0.15, -0.1) is 0 Å². The third kappa shape index (κ3) is 6.19. The Balaban J connectivity index is 1.66. The zero-order valence-electron chi connectivity index (χ0n) is 30.0. The van der Waals surface area contributed by atoms with Crippen LogP contribution in [0.15, 0.2) is 33.8 Å². The lowest BCUT2D eigenvalue weighted by molar-refractivity contribution is -0.141. The van der Waals surface area contributed by atoms with Crippen molar-refractivity contribution >= 4 is 39.8 Å². The minimum atomic E-state index is -1.09. The number of carboxylic acids is 1. The van der Waals surface area contributed by atoms with Crippen molar-refractivity contribution in [1.29, 1.82) is 0 Å². The number of hydrogen-bond donors (Lipinski definition) is 3. The molecule has 10 nitrogen and oxygen atoms in total. The second kappa shape index (κ2) is 13.8. The molecule has 0 fully saturated rings. The summed E-state index contributed by atoms with van der Waals surface area (Å²) in [5, 5.41) is 32.0. The fourth-order valence-corrected chi connectivity index (χ4v) is 6.79. The third-order valence-electron chi connectivity index (χ3n) is 10.2. The summed E-state index contributed by atoms with van der Waals surface area (Å²) in [7, 11) is 0. The third-order valence-corrected chi connectivity index (χ3v) is 11.0. The molecule has 3 N–H and O–H groups in total. The van der Waals surface area contributed by atoms with Crippen LogP contribution in [-0.4, -0.2) is 39.2 Å². The second-order valence-electron chi connectivity index (χ2n) is 13.0. The highest BCUT2D eigenvalue weighted by molar-refractivity contribution is 9.10. The summed E-state index contributed by atoms with van der Waals surface area (Å²) in [6, 6.07) is 1.40. The fourth-order valence-electron chi connectivity index (χ4n) is 6.22. The molecule has 3 aromatic rings. The van der Waals surface area contributed by atoms with Crippen LogP contribution in [0.3, 0.4) is 0 Å². The molecule has 11 heteroatoms. The first-order valence-electron chi connectivity index (χ1n) is 15.9. The van der Waals surface area contributed by atoms with Crippen LogP contribution in [0.1, 0.15) is 103 Å². The van der Waals surface area contributed by atoms with Crippen LogP contribution in [0.2, 0.25) is 0 Å². The van der Waals surface area contributed by atoms with Crippen molar-refractivity contribution < 1.29 is 48.7 Å². The van der Waals surface area contributed by atoms with Gasteiger partial charge in [0.15, 0.2) is 5.75 Å². The van der Waals surface area contributed by atoms with E-state index in [9.17, 15) is 34.5 Å². The van der Waals surface area contributed by atoms with Crippen LogP contribution in [0.4, 0.5) is 0 Å². The summed E-state index contributed by atoms with van der Waals surface area (Å²) in [6.45, 7) is 18.3. The van der Waals surface area contributed by atoms with E-state index in [0.29, 0.717) is 39.8 Å². The van der Waals surface area contributed by atoms with Crippen LogP contribution in [0.5, 0.6) is 28.7 Å². The lowest BCUT2D eigenvalue weighted by atomic mass is 9.73. The van der Waals surface area contributed by atoms with E-state index in [4.69, 9.17) is 14.2 Å². The normalized spacial score (nSPS) is 13.7. The zero-order chi connectivity index (χ0) is 37.7. The Hall–Kier alpha value is -4.90. The van der Waals surface area contributed by atoms with Crippen molar-refractivity contribution in [1.82, 2.24) is 0 Å². The lowest BCUT2D eigenvalue weighted by Gasteiger charge is -2.32. The number of hydrogen-bond acceptors (Lipinski definition) is 9. The molecule has 4 rings (SSSR count). The Morgan fingerprint density at radius 2 is 1.12 bits per heavy atom. The van der Waals surface area contributed by atoms with Gasteiger partial charge in [-0.2, -0.15) is 0 Å². The van der Waals surface area contributed by atoms with Gasteiger partial charge in [0.2, 0.25) is 0 Å². The maximum atomic E-state index is 13.6. The van der Waals surface area contributed by atoms with Crippen molar-refractivity contribution in [2.75, 3.05) is 0 Å². The first-order valence-corrected chi connectivity index (χ1v) is 16.7. The van der Waals surface area contributed by atoms with E-state index in [1.807, 2.05) is 26.0 Å². The van der Waals surface area contributed by atoms with Gasteiger partial charge >= 0.3 is 23.9 Å². The Morgan fingerprint density at radius 3 is 1.64 bits per heavy atom. The number of allylic oxidation sites excluding steroid dienone is 2. The Labute approximate surface area is 299 Å². The number of phenols is 2. The molecule has 0 spiro atoms. The molecule has 50 heavy (non-hydrogen) atoms. The summed E-state index contributed by atoms with van der Waals surface area (Å²) < 4.78 is 17.3. The van der Waals surface area contributed by atoms with E-state index in [1.165, 1.54) is 19.9 Å². The number of ether oxygens (including phenoxy) is 3. The van der Waals surface area contributed by atoms with Crippen molar-refractivity contribution in [3.8, 4) is 28.7 Å². The number of aromatic hydroxyl groups is 2. The van der Waals surface area contributed by atoms with Crippen LogP contribution < -0.4 is 14.2 Å². The van der Waals surface area contributed by atoms with Gasteiger partial charge in [0.25, 0.3) is 0 Å². The maximum absolute atomic E-state index is 13.6. The van der Waals surface area contributed by atoms with Crippen molar-refractivity contribution in [2.24, 2.45) is 5.41 Å². The minimum absolute atomic E-state index is 0.00938. The molecule has 0 aliphatic heterocycles. The largest absolute Gasteiger partial charge is 0.507 e. The molecule has 0 heterocycles. The van der Waals surface area contributed by atoms with Crippen molar-refractivity contribution in [3.63, 3.8) is 0 Å². The molecule has 0 aromatic heterocycles. The molecular formula is C39H41BrO10. The van der Waals surface area contributed by atoms with Gasteiger partial charge < -0.3 is 29.5 Å². The lowest BCUT2D eigenvalue weighted by Crippen LogP contribution is -2.35. The Morgan fingerprint density at radius 1 is 0.640 bits per heavy atom. The molecule has 0 unspecified atom stereocenters. The molecule has 0 amide bonds. The molecule has 0 saturated carbocycles. The predicted octanol–water partition coefficient (Wildman–Crippen LogP) is 8.67. The van der Waals surface area contributed by atoms with Gasteiger partial charge in [0.1, 0.15) is 44.0 Å². The van der Waals surface area contributed by atoms with Crippen LogP contribution in [-0.2, 0) is 4.79 Å². The number of carboxylic acid groups (broad SMARTS) is 1. The first kappa shape index (κ1) is 37.9. The smallest absolute Gasteiger partial charge is 0.347 e. The number of esters is 3. The van der Waals surface area contributed by atoms with Crippen molar-refractivity contribution in [2.45, 2.75) is 82.6 Å². The summed E-state index contributed by atoms with van der Waals surface area (Å²) in [5.74, 6) is -4.25. The van der Waals surface area contributed by atoms with Crippen molar-refractivity contribution in [3.05, 3.63) is 95.0 Å². The Bertz CT molecular complexity index is 2010. The molecule has 3 aromatic carbocycles. The number of carbonyl (C=O) groups is 4. The Kier molecular flexibility index (Phi) is 10.4. The average molecular weight is 750 g/mol. The highest BCUT2D eigenvalue weighted by Gasteiger charge is 2.41.